The summed E-state index contributed by atoms with van der Waals surface area (Å²) in [6.45, 7) is 5.66. The molecule has 532 valence electrons. The molecule has 7 heteroatoms. The molecule has 0 spiro atoms. The lowest BCUT2D eigenvalue weighted by atomic mass is 9.33. The number of benzene rings is 17. The quantitative estimate of drug-likeness (QED) is 0.114. The van der Waals surface area contributed by atoms with Gasteiger partial charge in [-0.3, -0.25) is 0 Å². The van der Waals surface area contributed by atoms with Crippen LogP contribution >= 0.6 is 0 Å². The largest absolute Gasteiger partial charge is 0.310 e. The fourth-order valence-corrected chi connectivity index (χ4v) is 17.6. The molecule has 2 aliphatic rings. The molecule has 20 aromatic rings. The summed E-state index contributed by atoms with van der Waals surface area (Å²) in [5.41, 5.74) is 18.2. The molecule has 0 amide bonds. The lowest BCUT2D eigenvalue weighted by Gasteiger charge is -2.46. The fourth-order valence-electron chi connectivity index (χ4n) is 17.6. The van der Waals surface area contributed by atoms with Crippen molar-refractivity contribution in [3.63, 3.8) is 0 Å². The first-order chi connectivity index (χ1) is 62.4. The number of nitrogens with zero attached hydrogens (tertiary/aromatic N) is 6. The molecule has 3 aromatic heterocycles. The standard InChI is InChI=1S/C106H75BN6/c1-106(2,3)74-63-88(72-37-14-6-15-38-72)105(89(64-74)73-39-16-7-17-40-73)113-100-66-78(109-93-52-27-22-45-83(93)84-46-23-28-53-94(84)109)57-60-92(100)107-91-61-58-79(110-97-56-31-26-49-87(97)90-65-77(59-62-98(90)110)108(75-41-18-8-19-42-75)76-43-20-9-21-44-76)67-99(91)112(104-81(70-33-10-4-11-34-70)50-32-51-82(104)71-35-12-5-13-36-71)101-68-80(69-102(113)103(101)107)111-95-54-29-24-47-85(95)86-48-25-30-55-96(86)111/h4-69H,1-3H3/i22D,23D,24D,25D,27D,28D,29D,30D,45D,46D,47D,48D,52D,53D,54D,55D. The van der Waals surface area contributed by atoms with Crippen LogP contribution in [0.15, 0.2) is 400 Å². The maximum Gasteiger partial charge on any atom is 0.252 e. The molecular weight excluding hydrogens is 1370 g/mol. The van der Waals surface area contributed by atoms with Gasteiger partial charge in [-0.15, -0.1) is 0 Å². The second-order valence-electron chi connectivity index (χ2n) is 29.9. The van der Waals surface area contributed by atoms with Gasteiger partial charge in [0, 0.05) is 106 Å². The molecule has 0 fully saturated rings. The van der Waals surface area contributed by atoms with Crippen LogP contribution in [0, 0.1) is 0 Å². The number of rotatable bonds is 12. The van der Waals surface area contributed by atoms with Crippen molar-refractivity contribution in [2.24, 2.45) is 0 Å². The van der Waals surface area contributed by atoms with Crippen molar-refractivity contribution in [2.75, 3.05) is 14.7 Å². The zero-order valence-corrected chi connectivity index (χ0v) is 61.6. The van der Waals surface area contributed by atoms with Gasteiger partial charge >= 0.3 is 0 Å². The molecule has 0 unspecified atom stereocenters. The molecule has 0 N–H and O–H groups in total. The molecule has 0 aliphatic carbocycles. The van der Waals surface area contributed by atoms with Crippen molar-refractivity contribution in [3.05, 3.63) is 406 Å². The topological polar surface area (TPSA) is 24.5 Å². The number of hydrogen-bond donors (Lipinski definition) is 0. The molecule has 2 aliphatic heterocycles. The minimum Gasteiger partial charge on any atom is -0.310 e. The van der Waals surface area contributed by atoms with Crippen LogP contribution in [-0.2, 0) is 5.41 Å². The number of para-hydroxylation sites is 8. The van der Waals surface area contributed by atoms with Crippen molar-refractivity contribution >= 4 is 140 Å². The van der Waals surface area contributed by atoms with Gasteiger partial charge < -0.3 is 28.4 Å². The third-order valence-electron chi connectivity index (χ3n) is 22.6. The van der Waals surface area contributed by atoms with E-state index in [1.807, 2.05) is 146 Å². The van der Waals surface area contributed by atoms with Crippen LogP contribution in [0.4, 0.5) is 51.2 Å². The van der Waals surface area contributed by atoms with Gasteiger partial charge in [0.25, 0.3) is 6.71 Å². The minimum absolute atomic E-state index is 0.0938. The van der Waals surface area contributed by atoms with Crippen LogP contribution in [0.1, 0.15) is 48.3 Å². The van der Waals surface area contributed by atoms with E-state index < -0.39 is 109 Å². The van der Waals surface area contributed by atoms with Crippen molar-refractivity contribution < 1.29 is 21.9 Å². The summed E-state index contributed by atoms with van der Waals surface area (Å²) in [5, 5.41) is 1.49. The lowest BCUT2D eigenvalue weighted by Crippen LogP contribution is -2.61. The van der Waals surface area contributed by atoms with Gasteiger partial charge in [-0.2, -0.15) is 0 Å². The highest BCUT2D eigenvalue weighted by Gasteiger charge is 2.46. The number of hydrogen-bond acceptors (Lipinski definition) is 3. The SMILES string of the molecule is [2H]c1c([2H])c([2H])c2c(c1[2H])c1c([2H])c([2H])c([2H])c([2H])c1n2-c1ccc2c(c1)N(c1c(-c3ccccc3)cc(C(C)(C)C)cc1-c1ccccc1)c1cc(-n3c4c([2H])c([2H])c([2H])c([2H])c4c4c([2H])c([2H])c([2H])c([2H])c43)cc3c1B2c1ccc(-n2c4ccccc4c4cc(N(c5ccccc5)c5ccccc5)ccc42)cc1N3c1c(-c2ccccc2)cccc1-c1ccccc1. The average molecular weight is 1460 g/mol. The summed E-state index contributed by atoms with van der Waals surface area (Å²) in [6, 6.07) is 94.4. The molecule has 0 saturated heterocycles. The third-order valence-corrected chi connectivity index (χ3v) is 22.6. The van der Waals surface area contributed by atoms with Gasteiger partial charge in [-0.05, 0) is 171 Å². The van der Waals surface area contributed by atoms with Gasteiger partial charge in [0.05, 0.1) is 72.1 Å². The Labute approximate surface area is 680 Å². The van der Waals surface area contributed by atoms with Crippen LogP contribution < -0.4 is 31.1 Å². The monoisotopic (exact) mass is 1460 g/mol. The highest BCUT2D eigenvalue weighted by Crippen LogP contribution is 2.56. The Kier molecular flexibility index (Phi) is 11.8. The smallest absolute Gasteiger partial charge is 0.252 e. The first kappa shape index (κ1) is 51.1. The summed E-state index contributed by atoms with van der Waals surface area (Å²) < 4.78 is 161. The lowest BCUT2D eigenvalue weighted by molar-refractivity contribution is 0.591. The zero-order chi connectivity index (χ0) is 88.9. The van der Waals surface area contributed by atoms with Crippen LogP contribution in [0.25, 0.3) is 127 Å². The van der Waals surface area contributed by atoms with Crippen molar-refractivity contribution in [3.8, 4) is 61.6 Å². The van der Waals surface area contributed by atoms with Crippen molar-refractivity contribution in [1.29, 1.82) is 0 Å². The van der Waals surface area contributed by atoms with Crippen LogP contribution in [0.5, 0.6) is 0 Å². The van der Waals surface area contributed by atoms with E-state index in [1.165, 1.54) is 4.57 Å². The Morgan fingerprint density at radius 2 is 0.637 bits per heavy atom. The summed E-state index contributed by atoms with van der Waals surface area (Å²) in [5.74, 6) is 0. The minimum atomic E-state index is -0.842. The molecular formula is C106H75BN6. The molecule has 0 saturated carbocycles. The molecule has 6 nitrogen and oxygen atoms in total. The van der Waals surface area contributed by atoms with Gasteiger partial charge in [-0.1, -0.05) is 300 Å². The predicted octanol–water partition coefficient (Wildman–Crippen LogP) is 26.5. The Hall–Kier alpha value is -14.4. The highest BCUT2D eigenvalue weighted by atomic mass is 15.2. The zero-order valence-electron chi connectivity index (χ0n) is 77.6. The molecule has 22 rings (SSSR count). The second-order valence-corrected chi connectivity index (χ2v) is 29.9. The van der Waals surface area contributed by atoms with Crippen molar-refractivity contribution in [1.82, 2.24) is 13.7 Å². The first-order valence-corrected chi connectivity index (χ1v) is 37.9. The molecule has 0 bridgehead atoms. The van der Waals surface area contributed by atoms with E-state index in [2.05, 4.69) is 198 Å². The maximum absolute atomic E-state index is 10.3. The summed E-state index contributed by atoms with van der Waals surface area (Å²) in [4.78, 5) is 6.78. The van der Waals surface area contributed by atoms with E-state index in [1.54, 1.807) is 4.57 Å². The van der Waals surface area contributed by atoms with Gasteiger partial charge in [0.1, 0.15) is 0 Å². The van der Waals surface area contributed by atoms with E-state index >= 15 is 0 Å². The first-order valence-electron chi connectivity index (χ1n) is 45.9. The normalized spacial score (nSPS) is 14.5. The van der Waals surface area contributed by atoms with E-state index in [4.69, 9.17) is 0 Å². The molecule has 17 aromatic carbocycles. The Morgan fingerprint density at radius 1 is 0.274 bits per heavy atom. The van der Waals surface area contributed by atoms with Gasteiger partial charge in [0.2, 0.25) is 0 Å². The van der Waals surface area contributed by atoms with E-state index in [9.17, 15) is 21.9 Å². The number of anilines is 9. The molecule has 0 atom stereocenters. The summed E-state index contributed by atoms with van der Waals surface area (Å²) in [7, 11) is 0. The summed E-state index contributed by atoms with van der Waals surface area (Å²) >= 11 is 0. The maximum atomic E-state index is 10.3. The Morgan fingerprint density at radius 3 is 1.08 bits per heavy atom. The number of fused-ring (bicyclic) bond motifs is 13. The van der Waals surface area contributed by atoms with Crippen LogP contribution in [0.3, 0.4) is 0 Å². The van der Waals surface area contributed by atoms with E-state index in [0.29, 0.717) is 33.9 Å². The molecule has 0 radical (unpaired) electrons. The van der Waals surface area contributed by atoms with Crippen LogP contribution in [0.2, 0.25) is 0 Å². The fraction of sp³-hybridized carbons (Fsp3) is 0.0377. The average Bonchev–Trinajstić information content (AvgIpc) is 1.64. The molecule has 113 heavy (non-hydrogen) atoms. The van der Waals surface area contributed by atoms with E-state index in [0.717, 1.165) is 111 Å². The third kappa shape index (κ3) is 10.5. The Balaban J connectivity index is 0.958. The highest BCUT2D eigenvalue weighted by molar-refractivity contribution is 7.00. The van der Waals surface area contributed by atoms with E-state index in [-0.39, 0.29) is 55.0 Å². The van der Waals surface area contributed by atoms with Gasteiger partial charge in [-0.25, -0.2) is 0 Å². The van der Waals surface area contributed by atoms with Crippen molar-refractivity contribution in [2.45, 2.75) is 26.2 Å². The second kappa shape index (κ2) is 26.2. The Bertz CT molecular complexity index is 7880. The van der Waals surface area contributed by atoms with Gasteiger partial charge in [0.15, 0.2) is 0 Å². The number of aromatic nitrogens is 3. The molecule has 5 heterocycles. The predicted molar refractivity (Wildman–Crippen MR) is 479 cm³/mol. The summed E-state index contributed by atoms with van der Waals surface area (Å²) in [6.07, 6.45) is 0. The van der Waals surface area contributed by atoms with Crippen LogP contribution in [-0.4, -0.2) is 20.4 Å².